The number of likely N-dealkylation sites (N-methyl/N-ethyl adjacent to an activating group) is 1. The van der Waals surface area contributed by atoms with Crippen molar-refractivity contribution in [2.24, 2.45) is 11.7 Å². The molecule has 0 fully saturated rings. The molecular formula is C18H31BrN2. The van der Waals surface area contributed by atoms with E-state index in [0.717, 1.165) is 29.9 Å². The molecule has 0 amide bonds. The van der Waals surface area contributed by atoms with Crippen LogP contribution in [-0.2, 0) is 6.42 Å². The number of rotatable bonds is 9. The molecule has 0 spiro atoms. The Kier molecular flexibility index (Phi) is 7.93. The van der Waals surface area contributed by atoms with Crippen LogP contribution in [0.3, 0.4) is 0 Å². The van der Waals surface area contributed by atoms with Gasteiger partial charge in [0.2, 0.25) is 0 Å². The molecule has 1 unspecified atom stereocenters. The molecule has 0 saturated heterocycles. The molecule has 21 heavy (non-hydrogen) atoms. The minimum absolute atomic E-state index is 0.0329. The smallest absolute Gasteiger partial charge is 0.0343 e. The fraction of sp³-hybridized carbons (Fsp3) is 0.667. The molecule has 2 nitrogen and oxygen atoms in total. The average molecular weight is 355 g/mol. The lowest BCUT2D eigenvalue weighted by Gasteiger charge is -2.42. The van der Waals surface area contributed by atoms with E-state index in [9.17, 15) is 0 Å². The molecule has 0 aliphatic rings. The van der Waals surface area contributed by atoms with E-state index >= 15 is 0 Å². The van der Waals surface area contributed by atoms with Gasteiger partial charge in [-0.2, -0.15) is 0 Å². The second kappa shape index (κ2) is 8.92. The van der Waals surface area contributed by atoms with Crippen molar-refractivity contribution < 1.29 is 0 Å². The van der Waals surface area contributed by atoms with E-state index in [1.165, 1.54) is 18.4 Å². The number of hydrogen-bond donors (Lipinski definition) is 1. The van der Waals surface area contributed by atoms with E-state index in [0.29, 0.717) is 6.54 Å². The predicted octanol–water partition coefficient (Wildman–Crippen LogP) is 4.47. The van der Waals surface area contributed by atoms with Gasteiger partial charge in [0.25, 0.3) is 0 Å². The number of nitrogens with two attached hydrogens (primary N) is 1. The van der Waals surface area contributed by atoms with Gasteiger partial charge in [-0.25, -0.2) is 0 Å². The number of halogens is 1. The third kappa shape index (κ3) is 5.39. The fourth-order valence-electron chi connectivity index (χ4n) is 2.94. The van der Waals surface area contributed by atoms with Crippen molar-refractivity contribution in [3.63, 3.8) is 0 Å². The fourth-order valence-corrected chi connectivity index (χ4v) is 3.21. The monoisotopic (exact) mass is 354 g/mol. The Balaban J connectivity index is 2.86. The Morgan fingerprint density at radius 3 is 2.14 bits per heavy atom. The van der Waals surface area contributed by atoms with Crippen LogP contribution in [0.25, 0.3) is 0 Å². The standard InChI is InChI=1S/C18H31BrN2/c1-5-15(6-2)13-21(7-3)18(4,14-20)12-16-8-10-17(19)11-9-16/h8-11,15H,5-7,12-14,20H2,1-4H3. The molecule has 1 aromatic rings. The van der Waals surface area contributed by atoms with E-state index in [1.54, 1.807) is 0 Å². The van der Waals surface area contributed by atoms with Crippen LogP contribution >= 0.6 is 15.9 Å². The first-order valence-corrected chi connectivity index (χ1v) is 8.97. The molecule has 0 aliphatic carbocycles. The van der Waals surface area contributed by atoms with E-state index in [-0.39, 0.29) is 5.54 Å². The molecule has 0 aromatic heterocycles. The summed E-state index contributed by atoms with van der Waals surface area (Å²) in [5.41, 5.74) is 7.56. The van der Waals surface area contributed by atoms with Crippen LogP contribution in [0.4, 0.5) is 0 Å². The Bertz CT molecular complexity index is 400. The normalized spacial score (nSPS) is 14.7. The van der Waals surface area contributed by atoms with Crippen LogP contribution in [0.15, 0.2) is 28.7 Å². The maximum absolute atomic E-state index is 6.17. The SMILES string of the molecule is CCC(CC)CN(CC)C(C)(CN)Cc1ccc(Br)cc1. The molecule has 1 atom stereocenters. The zero-order valence-electron chi connectivity index (χ0n) is 14.0. The highest BCUT2D eigenvalue weighted by Crippen LogP contribution is 2.24. The van der Waals surface area contributed by atoms with Gasteiger partial charge < -0.3 is 5.73 Å². The molecule has 3 heteroatoms. The van der Waals surface area contributed by atoms with Crippen molar-refractivity contribution in [3.05, 3.63) is 34.3 Å². The maximum Gasteiger partial charge on any atom is 0.0343 e. The van der Waals surface area contributed by atoms with Crippen molar-refractivity contribution in [2.45, 2.75) is 52.5 Å². The molecule has 0 saturated carbocycles. The quantitative estimate of drug-likeness (QED) is 0.708. The third-order valence-corrected chi connectivity index (χ3v) is 5.25. The largest absolute Gasteiger partial charge is 0.329 e. The summed E-state index contributed by atoms with van der Waals surface area (Å²) in [6, 6.07) is 8.62. The third-order valence-electron chi connectivity index (χ3n) is 4.72. The molecule has 0 radical (unpaired) electrons. The van der Waals surface area contributed by atoms with E-state index < -0.39 is 0 Å². The second-order valence-corrected chi connectivity index (χ2v) is 7.14. The summed E-state index contributed by atoms with van der Waals surface area (Å²) in [6.07, 6.45) is 3.49. The summed E-state index contributed by atoms with van der Waals surface area (Å²) in [6.45, 7) is 12.0. The number of nitrogens with zero attached hydrogens (tertiary/aromatic N) is 1. The summed E-state index contributed by atoms with van der Waals surface area (Å²) < 4.78 is 1.13. The lowest BCUT2D eigenvalue weighted by molar-refractivity contribution is 0.0936. The highest BCUT2D eigenvalue weighted by Gasteiger charge is 2.30. The molecule has 0 bridgehead atoms. The van der Waals surface area contributed by atoms with Gasteiger partial charge in [-0.05, 0) is 43.5 Å². The minimum Gasteiger partial charge on any atom is -0.329 e. The average Bonchev–Trinajstić information content (AvgIpc) is 2.50. The first-order chi connectivity index (χ1) is 9.98. The molecule has 0 aliphatic heterocycles. The molecule has 0 heterocycles. The Morgan fingerprint density at radius 1 is 1.14 bits per heavy atom. The predicted molar refractivity (Wildman–Crippen MR) is 96.6 cm³/mol. The lowest BCUT2D eigenvalue weighted by Crippen LogP contribution is -2.54. The van der Waals surface area contributed by atoms with Gasteiger partial charge in [0.05, 0.1) is 0 Å². The summed E-state index contributed by atoms with van der Waals surface area (Å²) in [7, 11) is 0. The minimum atomic E-state index is 0.0329. The molecular weight excluding hydrogens is 324 g/mol. The van der Waals surface area contributed by atoms with E-state index in [4.69, 9.17) is 5.73 Å². The summed E-state index contributed by atoms with van der Waals surface area (Å²) in [4.78, 5) is 2.58. The van der Waals surface area contributed by atoms with Gasteiger partial charge in [0.1, 0.15) is 0 Å². The van der Waals surface area contributed by atoms with Crippen molar-refractivity contribution in [2.75, 3.05) is 19.6 Å². The van der Waals surface area contributed by atoms with Gasteiger partial charge in [-0.3, -0.25) is 4.90 Å². The molecule has 2 N–H and O–H groups in total. The lowest BCUT2D eigenvalue weighted by atomic mass is 9.89. The second-order valence-electron chi connectivity index (χ2n) is 6.23. The van der Waals surface area contributed by atoms with Gasteiger partial charge in [0, 0.05) is 23.1 Å². The molecule has 120 valence electrons. The van der Waals surface area contributed by atoms with Gasteiger partial charge >= 0.3 is 0 Å². The van der Waals surface area contributed by atoms with Crippen LogP contribution in [0.1, 0.15) is 46.1 Å². The van der Waals surface area contributed by atoms with Crippen LogP contribution in [-0.4, -0.2) is 30.1 Å². The topological polar surface area (TPSA) is 29.3 Å². The Labute approximate surface area is 139 Å². The van der Waals surface area contributed by atoms with Crippen LogP contribution in [0, 0.1) is 5.92 Å². The highest BCUT2D eigenvalue weighted by atomic mass is 79.9. The Morgan fingerprint density at radius 2 is 1.71 bits per heavy atom. The van der Waals surface area contributed by atoms with Crippen molar-refractivity contribution >= 4 is 15.9 Å². The summed E-state index contributed by atoms with van der Waals surface area (Å²) >= 11 is 3.50. The van der Waals surface area contributed by atoms with Crippen molar-refractivity contribution in [1.82, 2.24) is 4.90 Å². The van der Waals surface area contributed by atoms with E-state index in [2.05, 4.69) is 72.8 Å². The van der Waals surface area contributed by atoms with Crippen LogP contribution < -0.4 is 5.73 Å². The first-order valence-electron chi connectivity index (χ1n) is 8.18. The zero-order valence-corrected chi connectivity index (χ0v) is 15.6. The molecule has 1 aromatic carbocycles. The number of benzene rings is 1. The Hall–Kier alpha value is -0.380. The van der Waals surface area contributed by atoms with E-state index in [1.807, 2.05) is 0 Å². The molecule has 1 rings (SSSR count). The van der Waals surface area contributed by atoms with Gasteiger partial charge in [-0.15, -0.1) is 0 Å². The maximum atomic E-state index is 6.17. The van der Waals surface area contributed by atoms with Gasteiger partial charge in [0.15, 0.2) is 0 Å². The van der Waals surface area contributed by atoms with Crippen molar-refractivity contribution in [3.8, 4) is 0 Å². The number of hydrogen-bond acceptors (Lipinski definition) is 2. The first kappa shape index (κ1) is 18.7. The summed E-state index contributed by atoms with van der Waals surface area (Å²) in [5, 5.41) is 0. The summed E-state index contributed by atoms with van der Waals surface area (Å²) in [5.74, 6) is 0.765. The highest BCUT2D eigenvalue weighted by molar-refractivity contribution is 9.10. The van der Waals surface area contributed by atoms with Crippen LogP contribution in [0.2, 0.25) is 0 Å². The van der Waals surface area contributed by atoms with Crippen LogP contribution in [0.5, 0.6) is 0 Å². The van der Waals surface area contributed by atoms with Gasteiger partial charge in [-0.1, -0.05) is 61.7 Å². The zero-order chi connectivity index (χ0) is 15.9. The van der Waals surface area contributed by atoms with Crippen molar-refractivity contribution in [1.29, 1.82) is 0 Å².